The van der Waals surface area contributed by atoms with E-state index in [4.69, 9.17) is 23.7 Å². The first-order valence-electron chi connectivity index (χ1n) is 11.2. The number of amides is 1. The van der Waals surface area contributed by atoms with E-state index in [-0.39, 0.29) is 19.6 Å². The smallest absolute Gasteiger partial charge is 0.408 e. The molecule has 0 bridgehead atoms. The fourth-order valence-electron chi connectivity index (χ4n) is 3.12. The van der Waals surface area contributed by atoms with E-state index >= 15 is 0 Å². The van der Waals surface area contributed by atoms with E-state index < -0.39 is 42.0 Å². The van der Waals surface area contributed by atoms with Gasteiger partial charge in [-0.2, -0.15) is 0 Å². The summed E-state index contributed by atoms with van der Waals surface area (Å²) in [6, 6.07) is 8.41. The van der Waals surface area contributed by atoms with Gasteiger partial charge in [0, 0.05) is 19.6 Å². The van der Waals surface area contributed by atoms with Crippen molar-refractivity contribution in [3.63, 3.8) is 0 Å². The summed E-state index contributed by atoms with van der Waals surface area (Å²) in [6.45, 7) is 12.2. The Morgan fingerprint density at radius 2 is 1.91 bits per heavy atom. The van der Waals surface area contributed by atoms with E-state index in [2.05, 4.69) is 19.2 Å². The number of ether oxygens (including phenoxy) is 5. The van der Waals surface area contributed by atoms with Crippen molar-refractivity contribution in [1.29, 1.82) is 0 Å². The van der Waals surface area contributed by atoms with Crippen LogP contribution in [0.15, 0.2) is 30.3 Å². The lowest BCUT2D eigenvalue weighted by Crippen LogP contribution is -2.51. The first-order valence-corrected chi connectivity index (χ1v) is 11.2. The van der Waals surface area contributed by atoms with Gasteiger partial charge in [0.2, 0.25) is 0 Å². The molecule has 1 saturated heterocycles. The van der Waals surface area contributed by atoms with Crippen LogP contribution < -0.4 is 10.1 Å². The number of nitrogens with one attached hydrogen (secondary N) is 1. The van der Waals surface area contributed by atoms with E-state index in [1.54, 1.807) is 27.7 Å². The van der Waals surface area contributed by atoms with Gasteiger partial charge in [0.25, 0.3) is 0 Å². The number of carbonyl (C=O) groups is 2. The second-order valence-electron chi connectivity index (χ2n) is 9.37. The molecule has 8 heteroatoms. The van der Waals surface area contributed by atoms with Crippen molar-refractivity contribution < 1.29 is 33.3 Å². The Balaban J connectivity index is 2.16. The fourth-order valence-corrected chi connectivity index (χ4v) is 3.12. The van der Waals surface area contributed by atoms with Crippen LogP contribution in [0.3, 0.4) is 0 Å². The van der Waals surface area contributed by atoms with Gasteiger partial charge >= 0.3 is 12.1 Å². The number of rotatable bonds is 6. The van der Waals surface area contributed by atoms with Crippen LogP contribution in [0.25, 0.3) is 0 Å². The molecule has 2 rings (SSSR count). The molecule has 1 aliphatic heterocycles. The van der Waals surface area contributed by atoms with Crippen LogP contribution in [0, 0.1) is 5.92 Å². The van der Waals surface area contributed by atoms with Crippen LogP contribution in [0.5, 0.6) is 5.75 Å². The molecule has 0 spiro atoms. The Morgan fingerprint density at radius 1 is 1.22 bits per heavy atom. The average Bonchev–Trinajstić information content (AvgIpc) is 2.69. The monoisotopic (exact) mass is 451 g/mol. The SMILES string of the molecule is CC(C)CO[C@H]1COCC[C@H](NC(=O)OC(C)(C)C)C(=O)O[C@@H](C)[C@@H]1Oc1ccccc1. The van der Waals surface area contributed by atoms with Gasteiger partial charge < -0.3 is 29.0 Å². The molecular formula is C24H37NO7. The predicted octanol–water partition coefficient (Wildman–Crippen LogP) is 3.72. The summed E-state index contributed by atoms with van der Waals surface area (Å²) in [7, 11) is 0. The second kappa shape index (κ2) is 12.1. The molecule has 1 aromatic rings. The Labute approximate surface area is 190 Å². The zero-order chi connectivity index (χ0) is 23.7. The van der Waals surface area contributed by atoms with Crippen molar-refractivity contribution >= 4 is 12.1 Å². The summed E-state index contributed by atoms with van der Waals surface area (Å²) in [5.41, 5.74) is -0.677. The number of alkyl carbamates (subject to hydrolysis) is 1. The van der Waals surface area contributed by atoms with Gasteiger partial charge in [0.15, 0.2) is 6.10 Å². The first-order chi connectivity index (χ1) is 15.0. The number of hydrogen-bond acceptors (Lipinski definition) is 7. The standard InChI is InChI=1S/C24H37NO7/c1-16(2)14-29-20-15-28-13-12-19(25-23(27)32-24(4,5)6)22(26)30-17(3)21(20)31-18-10-8-7-9-11-18/h7-11,16-17,19-21H,12-15H2,1-6H3,(H,25,27)/t17-,19-,20-,21-/m0/s1. The van der Waals surface area contributed by atoms with Gasteiger partial charge in [-0.3, -0.25) is 0 Å². The lowest BCUT2D eigenvalue weighted by Gasteiger charge is -2.34. The van der Waals surface area contributed by atoms with Gasteiger partial charge in [-0.25, -0.2) is 9.59 Å². The average molecular weight is 452 g/mol. The maximum atomic E-state index is 12.9. The fraction of sp³-hybridized carbons (Fsp3) is 0.667. The largest absolute Gasteiger partial charge is 0.484 e. The molecule has 1 fully saturated rings. The van der Waals surface area contributed by atoms with Crippen molar-refractivity contribution in [3.05, 3.63) is 30.3 Å². The minimum Gasteiger partial charge on any atom is -0.484 e. The molecule has 4 atom stereocenters. The minimum atomic E-state index is -0.891. The minimum absolute atomic E-state index is 0.240. The highest BCUT2D eigenvalue weighted by Crippen LogP contribution is 2.21. The van der Waals surface area contributed by atoms with Gasteiger partial charge in [0.05, 0.1) is 6.61 Å². The van der Waals surface area contributed by atoms with E-state index in [1.165, 1.54) is 0 Å². The molecule has 1 aromatic carbocycles. The number of carbonyl (C=O) groups excluding carboxylic acids is 2. The van der Waals surface area contributed by atoms with Crippen LogP contribution in [-0.2, 0) is 23.7 Å². The third kappa shape index (κ3) is 9.04. The molecule has 32 heavy (non-hydrogen) atoms. The summed E-state index contributed by atoms with van der Waals surface area (Å²) in [5.74, 6) is 0.389. The summed E-state index contributed by atoms with van der Waals surface area (Å²) >= 11 is 0. The lowest BCUT2D eigenvalue weighted by atomic mass is 10.1. The van der Waals surface area contributed by atoms with E-state index in [1.807, 2.05) is 30.3 Å². The zero-order valence-corrected chi connectivity index (χ0v) is 20.0. The summed E-state index contributed by atoms with van der Waals surface area (Å²) in [4.78, 5) is 25.1. The predicted molar refractivity (Wildman–Crippen MR) is 120 cm³/mol. The molecule has 1 aliphatic rings. The molecule has 0 radical (unpaired) electrons. The normalized spacial score (nSPS) is 25.0. The number of cyclic esters (lactones) is 1. The molecule has 0 aromatic heterocycles. The maximum absolute atomic E-state index is 12.9. The van der Waals surface area contributed by atoms with Gasteiger partial charge in [-0.05, 0) is 45.7 Å². The van der Waals surface area contributed by atoms with Crippen LogP contribution >= 0.6 is 0 Å². The third-order valence-electron chi connectivity index (χ3n) is 4.60. The van der Waals surface area contributed by atoms with Crippen LogP contribution in [0.4, 0.5) is 4.79 Å². The highest BCUT2D eigenvalue weighted by molar-refractivity contribution is 5.81. The molecular weight excluding hydrogens is 414 g/mol. The van der Waals surface area contributed by atoms with Crippen molar-refractivity contribution in [2.75, 3.05) is 19.8 Å². The van der Waals surface area contributed by atoms with Crippen molar-refractivity contribution in [3.8, 4) is 5.75 Å². The van der Waals surface area contributed by atoms with Crippen LogP contribution in [-0.4, -0.2) is 61.8 Å². The van der Waals surface area contributed by atoms with Gasteiger partial charge in [0.1, 0.15) is 29.6 Å². The molecule has 8 nitrogen and oxygen atoms in total. The van der Waals surface area contributed by atoms with E-state index in [0.29, 0.717) is 18.3 Å². The van der Waals surface area contributed by atoms with Crippen molar-refractivity contribution in [1.82, 2.24) is 5.32 Å². The summed E-state index contributed by atoms with van der Waals surface area (Å²) < 4.78 is 29.1. The quantitative estimate of drug-likeness (QED) is 0.659. The molecule has 1 amide bonds. The van der Waals surface area contributed by atoms with E-state index in [0.717, 1.165) is 0 Å². The Hall–Kier alpha value is -2.32. The second-order valence-corrected chi connectivity index (χ2v) is 9.37. The van der Waals surface area contributed by atoms with Crippen molar-refractivity contribution in [2.24, 2.45) is 5.92 Å². The van der Waals surface area contributed by atoms with Crippen LogP contribution in [0.2, 0.25) is 0 Å². The number of para-hydroxylation sites is 1. The molecule has 0 aliphatic carbocycles. The molecule has 1 N–H and O–H groups in total. The Bertz CT molecular complexity index is 717. The molecule has 180 valence electrons. The van der Waals surface area contributed by atoms with E-state index in [9.17, 15) is 9.59 Å². The van der Waals surface area contributed by atoms with Crippen LogP contribution in [0.1, 0.15) is 48.0 Å². The molecule has 0 saturated carbocycles. The lowest BCUT2D eigenvalue weighted by molar-refractivity contribution is -0.168. The van der Waals surface area contributed by atoms with Gasteiger partial charge in [-0.1, -0.05) is 32.0 Å². The maximum Gasteiger partial charge on any atom is 0.408 e. The highest BCUT2D eigenvalue weighted by Gasteiger charge is 2.36. The van der Waals surface area contributed by atoms with Crippen molar-refractivity contribution in [2.45, 2.75) is 77.9 Å². The first kappa shape index (κ1) is 25.9. The topological polar surface area (TPSA) is 92.3 Å². The number of esters is 1. The molecule has 1 heterocycles. The summed E-state index contributed by atoms with van der Waals surface area (Å²) in [5, 5.41) is 2.59. The molecule has 0 unspecified atom stereocenters. The summed E-state index contributed by atoms with van der Waals surface area (Å²) in [6.07, 6.45) is -2.11. The third-order valence-corrected chi connectivity index (χ3v) is 4.60. The highest BCUT2D eigenvalue weighted by atomic mass is 16.6. The number of benzene rings is 1. The van der Waals surface area contributed by atoms with Gasteiger partial charge in [-0.15, -0.1) is 0 Å². The Kier molecular flexibility index (Phi) is 9.78. The zero-order valence-electron chi connectivity index (χ0n) is 20.0. The Morgan fingerprint density at radius 3 is 2.53 bits per heavy atom. The number of hydrogen-bond donors (Lipinski definition) is 1.